The topological polar surface area (TPSA) is 67.3 Å². The first-order valence-corrected chi connectivity index (χ1v) is 8.90. The highest BCUT2D eigenvalue weighted by Crippen LogP contribution is 2.38. The minimum absolute atomic E-state index is 0.236. The third-order valence-corrected chi connectivity index (χ3v) is 6.20. The molecule has 0 radical (unpaired) electrons. The van der Waals surface area contributed by atoms with Crippen LogP contribution in [0.3, 0.4) is 0 Å². The van der Waals surface area contributed by atoms with Crippen molar-refractivity contribution in [3.05, 3.63) is 5.69 Å². The Bertz CT molecular complexity index is 568. The number of aliphatic hydroxyl groups excluding tert-OH is 1. The van der Waals surface area contributed by atoms with E-state index in [2.05, 4.69) is 37.5 Å². The second-order valence-corrected chi connectivity index (χ2v) is 8.00. The normalized spacial score (nSPS) is 28.2. The molecule has 0 bridgehead atoms. The lowest BCUT2D eigenvalue weighted by molar-refractivity contribution is -0.912. The Labute approximate surface area is 139 Å². The van der Waals surface area contributed by atoms with Crippen LogP contribution in [0.25, 0.3) is 0 Å². The highest BCUT2D eigenvalue weighted by atomic mass is 16.3. The maximum Gasteiger partial charge on any atom is 0.174 e. The second kappa shape index (κ2) is 5.98. The summed E-state index contributed by atoms with van der Waals surface area (Å²) in [6, 6.07) is 0.950. The van der Waals surface area contributed by atoms with Crippen LogP contribution in [0.4, 0.5) is 11.5 Å². The Morgan fingerprint density at radius 3 is 2.74 bits per heavy atom. The van der Waals surface area contributed by atoms with Gasteiger partial charge in [0.15, 0.2) is 5.82 Å². The summed E-state index contributed by atoms with van der Waals surface area (Å²) < 4.78 is 3.02. The molecule has 0 aromatic carbocycles. The van der Waals surface area contributed by atoms with Crippen LogP contribution in [0.15, 0.2) is 0 Å². The Kier molecular flexibility index (Phi) is 4.31. The predicted octanol–water partition coefficient (Wildman–Crippen LogP) is 1.26. The van der Waals surface area contributed by atoms with Gasteiger partial charge in [0.1, 0.15) is 12.6 Å². The summed E-state index contributed by atoms with van der Waals surface area (Å²) in [4.78, 5) is 2.35. The zero-order valence-corrected chi connectivity index (χ0v) is 15.0. The Morgan fingerprint density at radius 1 is 1.30 bits per heavy atom. The number of nitrogens with zero attached hydrogens (tertiary/aromatic N) is 4. The number of nitrogens with two attached hydrogens (primary N) is 1. The number of aromatic nitrogens is 2. The van der Waals surface area contributed by atoms with E-state index in [0.29, 0.717) is 18.0 Å². The van der Waals surface area contributed by atoms with Crippen LogP contribution in [-0.4, -0.2) is 65.7 Å². The minimum Gasteiger partial charge on any atom is -0.394 e. The largest absolute Gasteiger partial charge is 0.394 e. The fourth-order valence-corrected chi connectivity index (χ4v) is 4.08. The summed E-state index contributed by atoms with van der Waals surface area (Å²) in [5.41, 5.74) is 8.56. The standard InChI is InChI=1S/C17H32N5O/c1-12-5-6-15-16(18)17(19-21(15)13(12)2)20-8-7-14(11-20)22(3,4)9-10-23/h12-14,23H,5-11,18H2,1-4H3/q+1. The number of hydrogen-bond donors (Lipinski definition) is 2. The van der Waals surface area contributed by atoms with Crippen molar-refractivity contribution >= 4 is 11.5 Å². The lowest BCUT2D eigenvalue weighted by atomic mass is 9.93. The van der Waals surface area contributed by atoms with Gasteiger partial charge >= 0.3 is 0 Å². The molecule has 3 unspecified atom stereocenters. The lowest BCUT2D eigenvalue weighted by Gasteiger charge is -2.35. The van der Waals surface area contributed by atoms with Gasteiger partial charge in [-0.05, 0) is 25.7 Å². The SMILES string of the molecule is CC1CCc2c(N)c(N3CCC([N+](C)(C)CCO)C3)nn2C1C. The molecule has 130 valence electrons. The molecule has 0 saturated carbocycles. The fraction of sp³-hybridized carbons (Fsp3) is 0.824. The van der Waals surface area contributed by atoms with Crippen LogP contribution in [0.1, 0.15) is 38.4 Å². The summed E-state index contributed by atoms with van der Waals surface area (Å²) in [5.74, 6) is 1.63. The van der Waals surface area contributed by atoms with Crippen LogP contribution in [0.2, 0.25) is 0 Å². The van der Waals surface area contributed by atoms with E-state index in [4.69, 9.17) is 10.8 Å². The van der Waals surface area contributed by atoms with Crippen LogP contribution in [0.5, 0.6) is 0 Å². The average molecular weight is 322 g/mol. The summed E-state index contributed by atoms with van der Waals surface area (Å²) in [6.45, 7) is 7.55. The minimum atomic E-state index is 0.236. The first-order chi connectivity index (χ1) is 10.8. The van der Waals surface area contributed by atoms with Crippen molar-refractivity contribution < 1.29 is 9.59 Å². The maximum atomic E-state index is 9.29. The van der Waals surface area contributed by atoms with Crippen molar-refractivity contribution in [2.45, 2.75) is 45.2 Å². The van der Waals surface area contributed by atoms with Crippen molar-refractivity contribution in [3.63, 3.8) is 0 Å². The second-order valence-electron chi connectivity index (χ2n) is 8.00. The van der Waals surface area contributed by atoms with Gasteiger partial charge in [0.05, 0.1) is 44.7 Å². The van der Waals surface area contributed by atoms with Gasteiger partial charge in [-0.1, -0.05) is 6.92 Å². The molecule has 23 heavy (non-hydrogen) atoms. The van der Waals surface area contributed by atoms with E-state index in [0.717, 1.165) is 48.5 Å². The molecule has 0 spiro atoms. The quantitative estimate of drug-likeness (QED) is 0.819. The number of rotatable bonds is 4. The van der Waals surface area contributed by atoms with E-state index < -0.39 is 0 Å². The molecular formula is C17H32N5O+. The van der Waals surface area contributed by atoms with Crippen molar-refractivity contribution in [2.75, 3.05) is 51.0 Å². The molecule has 3 heterocycles. The molecule has 3 atom stereocenters. The average Bonchev–Trinajstić information content (AvgIpc) is 3.09. The molecule has 6 heteroatoms. The first-order valence-electron chi connectivity index (χ1n) is 8.90. The third kappa shape index (κ3) is 2.83. The van der Waals surface area contributed by atoms with Crippen LogP contribution < -0.4 is 10.6 Å². The molecule has 3 N–H and O–H groups in total. The van der Waals surface area contributed by atoms with Crippen molar-refractivity contribution in [3.8, 4) is 0 Å². The van der Waals surface area contributed by atoms with Gasteiger partial charge in [0.25, 0.3) is 0 Å². The van der Waals surface area contributed by atoms with Gasteiger partial charge in [0, 0.05) is 13.0 Å². The number of anilines is 2. The van der Waals surface area contributed by atoms with Crippen LogP contribution in [0, 0.1) is 5.92 Å². The monoisotopic (exact) mass is 322 g/mol. The number of nitrogen functional groups attached to an aromatic ring is 1. The molecule has 1 aromatic heterocycles. The number of aliphatic hydroxyl groups is 1. The van der Waals surface area contributed by atoms with Gasteiger partial charge in [-0.25, -0.2) is 0 Å². The zero-order chi connectivity index (χ0) is 16.8. The van der Waals surface area contributed by atoms with Crippen molar-refractivity contribution in [1.29, 1.82) is 0 Å². The highest BCUT2D eigenvalue weighted by molar-refractivity contribution is 5.67. The molecule has 6 nitrogen and oxygen atoms in total. The van der Waals surface area contributed by atoms with E-state index >= 15 is 0 Å². The number of likely N-dealkylation sites (N-methyl/N-ethyl adjacent to an activating group) is 1. The molecule has 2 aliphatic heterocycles. The number of fused-ring (bicyclic) bond motifs is 1. The van der Waals surface area contributed by atoms with E-state index in [1.54, 1.807) is 0 Å². The number of hydrogen-bond acceptors (Lipinski definition) is 4. The van der Waals surface area contributed by atoms with E-state index in [1.807, 2.05) is 0 Å². The Balaban J connectivity index is 1.80. The zero-order valence-electron chi connectivity index (χ0n) is 15.0. The third-order valence-electron chi connectivity index (χ3n) is 6.20. The molecule has 0 amide bonds. The first kappa shape index (κ1) is 16.6. The molecule has 3 rings (SSSR count). The molecule has 2 aliphatic rings. The highest BCUT2D eigenvalue weighted by Gasteiger charge is 2.37. The van der Waals surface area contributed by atoms with E-state index in [1.165, 1.54) is 12.1 Å². The van der Waals surface area contributed by atoms with Gasteiger partial charge in [-0.15, -0.1) is 0 Å². The summed E-state index contributed by atoms with van der Waals surface area (Å²) in [6.07, 6.45) is 3.35. The fourth-order valence-electron chi connectivity index (χ4n) is 4.08. The van der Waals surface area contributed by atoms with E-state index in [9.17, 15) is 5.11 Å². The van der Waals surface area contributed by atoms with Gasteiger partial charge in [-0.2, -0.15) is 5.10 Å². The smallest absolute Gasteiger partial charge is 0.174 e. The van der Waals surface area contributed by atoms with E-state index in [-0.39, 0.29) is 6.61 Å². The predicted molar refractivity (Wildman–Crippen MR) is 93.5 cm³/mol. The van der Waals surface area contributed by atoms with Crippen LogP contribution in [-0.2, 0) is 6.42 Å². The molecule has 1 fully saturated rings. The maximum absolute atomic E-state index is 9.29. The molecule has 0 aliphatic carbocycles. The van der Waals surface area contributed by atoms with Gasteiger partial charge in [0.2, 0.25) is 0 Å². The lowest BCUT2D eigenvalue weighted by Crippen LogP contribution is -2.51. The summed E-state index contributed by atoms with van der Waals surface area (Å²) in [5, 5.41) is 14.2. The number of quaternary nitrogens is 1. The van der Waals surface area contributed by atoms with Crippen molar-refractivity contribution in [2.24, 2.45) is 5.92 Å². The van der Waals surface area contributed by atoms with Gasteiger partial charge in [-0.3, -0.25) is 4.68 Å². The molecule has 1 saturated heterocycles. The van der Waals surface area contributed by atoms with Gasteiger partial charge < -0.3 is 20.2 Å². The molecular weight excluding hydrogens is 290 g/mol. The van der Waals surface area contributed by atoms with Crippen LogP contribution >= 0.6 is 0 Å². The summed E-state index contributed by atoms with van der Waals surface area (Å²) >= 11 is 0. The van der Waals surface area contributed by atoms with Crippen molar-refractivity contribution in [1.82, 2.24) is 9.78 Å². The Morgan fingerprint density at radius 2 is 2.04 bits per heavy atom. The Hall–Kier alpha value is -1.27. The molecule has 1 aromatic rings. The summed E-state index contributed by atoms with van der Waals surface area (Å²) in [7, 11) is 4.41.